The molecular weight excluding hydrogens is 387 g/mol. The zero-order valence-electron chi connectivity index (χ0n) is 15.1. The summed E-state index contributed by atoms with van der Waals surface area (Å²) in [6.45, 7) is 1.71. The average molecular weight is 403 g/mol. The monoisotopic (exact) mass is 403 g/mol. The van der Waals surface area contributed by atoms with Gasteiger partial charge in [-0.3, -0.25) is 4.79 Å². The van der Waals surface area contributed by atoms with Crippen LogP contribution in [0, 0.1) is 6.92 Å². The second-order valence-corrected chi connectivity index (χ2v) is 6.28. The highest BCUT2D eigenvalue weighted by atomic mass is 19.4. The maximum absolute atomic E-state index is 13.1. The second kappa shape index (κ2) is 7.75. The van der Waals surface area contributed by atoms with E-state index in [1.54, 1.807) is 13.0 Å². The molecule has 150 valence electrons. The summed E-state index contributed by atoms with van der Waals surface area (Å²) >= 11 is 0. The van der Waals surface area contributed by atoms with E-state index in [0.717, 1.165) is 18.2 Å². The van der Waals surface area contributed by atoms with Gasteiger partial charge in [-0.2, -0.15) is 13.2 Å². The van der Waals surface area contributed by atoms with Crippen molar-refractivity contribution in [3.05, 3.63) is 77.4 Å². The van der Waals surface area contributed by atoms with Crippen molar-refractivity contribution in [1.29, 1.82) is 0 Å². The van der Waals surface area contributed by atoms with Crippen molar-refractivity contribution in [1.82, 2.24) is 0 Å². The summed E-state index contributed by atoms with van der Waals surface area (Å²) in [5.74, 6) is -0.893. The highest BCUT2D eigenvalue weighted by Crippen LogP contribution is 2.37. The minimum absolute atomic E-state index is 0.00628. The van der Waals surface area contributed by atoms with Crippen molar-refractivity contribution in [2.24, 2.45) is 0 Å². The Morgan fingerprint density at radius 1 is 0.966 bits per heavy atom. The van der Waals surface area contributed by atoms with Crippen LogP contribution in [0.15, 0.2) is 60.7 Å². The molecule has 0 atom stereocenters. The maximum Gasteiger partial charge on any atom is 0.416 e. The van der Waals surface area contributed by atoms with E-state index < -0.39 is 17.6 Å². The molecule has 0 aliphatic carbocycles. The van der Waals surface area contributed by atoms with Crippen molar-refractivity contribution in [2.75, 3.05) is 5.32 Å². The van der Waals surface area contributed by atoms with Gasteiger partial charge in [0, 0.05) is 0 Å². The third-order valence-electron chi connectivity index (χ3n) is 4.02. The summed E-state index contributed by atoms with van der Waals surface area (Å²) < 4.78 is 44.9. The molecule has 0 spiro atoms. The topological polar surface area (TPSA) is 78.8 Å². The summed E-state index contributed by atoms with van der Waals surface area (Å²) in [6, 6.07) is 12.5. The number of alkyl halides is 3. The Morgan fingerprint density at radius 2 is 1.66 bits per heavy atom. The van der Waals surface area contributed by atoms with E-state index in [0.29, 0.717) is 5.56 Å². The maximum atomic E-state index is 13.1. The first-order chi connectivity index (χ1) is 13.6. The molecule has 0 radical (unpaired) electrons. The van der Waals surface area contributed by atoms with Crippen molar-refractivity contribution in [2.45, 2.75) is 13.1 Å². The van der Waals surface area contributed by atoms with Crippen LogP contribution >= 0.6 is 0 Å². The number of hydrogen-bond acceptors (Lipinski definition) is 4. The lowest BCUT2D eigenvalue weighted by Crippen LogP contribution is -2.14. The summed E-state index contributed by atoms with van der Waals surface area (Å²) in [5.41, 5.74) is -0.589. The van der Waals surface area contributed by atoms with Crippen LogP contribution < -0.4 is 10.1 Å². The Labute approximate surface area is 164 Å². The van der Waals surface area contributed by atoms with Crippen molar-refractivity contribution in [3.8, 4) is 23.0 Å². The number of hydrogen-bond donors (Lipinski definition) is 3. The Morgan fingerprint density at radius 3 is 2.31 bits per heavy atom. The van der Waals surface area contributed by atoms with Gasteiger partial charge in [0.05, 0.1) is 16.8 Å². The Balaban J connectivity index is 1.98. The van der Waals surface area contributed by atoms with Crippen LogP contribution in [-0.2, 0) is 6.18 Å². The highest BCUT2D eigenvalue weighted by molar-refractivity contribution is 6.07. The number of benzene rings is 3. The van der Waals surface area contributed by atoms with E-state index in [9.17, 15) is 28.2 Å². The molecule has 0 aliphatic rings. The molecule has 0 fully saturated rings. The number of rotatable bonds is 4. The highest BCUT2D eigenvalue weighted by Gasteiger charge is 2.31. The average Bonchev–Trinajstić information content (AvgIpc) is 2.66. The van der Waals surface area contributed by atoms with Crippen LogP contribution in [0.2, 0.25) is 0 Å². The molecule has 0 saturated heterocycles. The van der Waals surface area contributed by atoms with Gasteiger partial charge in [-0.25, -0.2) is 0 Å². The van der Waals surface area contributed by atoms with E-state index in [4.69, 9.17) is 4.74 Å². The third-order valence-corrected chi connectivity index (χ3v) is 4.02. The summed E-state index contributed by atoms with van der Waals surface area (Å²) in [5, 5.41) is 21.6. The molecular formula is C21H16F3NO4. The van der Waals surface area contributed by atoms with Gasteiger partial charge in [0.1, 0.15) is 17.2 Å². The van der Waals surface area contributed by atoms with Crippen LogP contribution in [0.25, 0.3) is 0 Å². The van der Waals surface area contributed by atoms with Gasteiger partial charge in [0.15, 0.2) is 5.75 Å². The normalized spacial score (nSPS) is 11.2. The van der Waals surface area contributed by atoms with Gasteiger partial charge in [-0.05, 0) is 61.5 Å². The van der Waals surface area contributed by atoms with Crippen LogP contribution in [0.4, 0.5) is 18.9 Å². The molecule has 3 aromatic rings. The minimum atomic E-state index is -4.62. The standard InChI is InChI=1S/C21H16F3NO4/c1-12-2-8-18(27)16(10-12)20(28)25-17-11-13(21(22,23)24)3-9-19(17)29-15-6-4-14(26)5-7-15/h2-11,26-27H,1H3,(H,25,28). The van der Waals surface area contributed by atoms with E-state index in [1.165, 1.54) is 36.4 Å². The number of phenolic OH excluding ortho intramolecular Hbond substituents is 2. The number of carbonyl (C=O) groups is 1. The number of nitrogens with one attached hydrogen (secondary N) is 1. The lowest BCUT2D eigenvalue weighted by Gasteiger charge is -2.16. The molecule has 29 heavy (non-hydrogen) atoms. The number of ether oxygens (including phenoxy) is 1. The third kappa shape index (κ3) is 4.78. The van der Waals surface area contributed by atoms with Gasteiger partial charge in [0.25, 0.3) is 5.91 Å². The smallest absolute Gasteiger partial charge is 0.416 e. The zero-order chi connectivity index (χ0) is 21.2. The number of phenols is 2. The number of anilines is 1. The van der Waals surface area contributed by atoms with Crippen LogP contribution in [0.5, 0.6) is 23.0 Å². The summed E-state index contributed by atoms with van der Waals surface area (Å²) in [7, 11) is 0. The fourth-order valence-corrected chi connectivity index (χ4v) is 2.56. The molecule has 3 aromatic carbocycles. The Bertz CT molecular complexity index is 1050. The van der Waals surface area contributed by atoms with Gasteiger partial charge in [-0.1, -0.05) is 11.6 Å². The molecule has 3 N–H and O–H groups in total. The fourth-order valence-electron chi connectivity index (χ4n) is 2.56. The minimum Gasteiger partial charge on any atom is -0.508 e. The fraction of sp³-hybridized carbons (Fsp3) is 0.0952. The van der Waals surface area contributed by atoms with Crippen LogP contribution in [-0.4, -0.2) is 16.1 Å². The predicted molar refractivity (Wildman–Crippen MR) is 100 cm³/mol. The molecule has 0 bridgehead atoms. The molecule has 1 amide bonds. The van der Waals surface area contributed by atoms with Crippen molar-refractivity contribution >= 4 is 11.6 Å². The van der Waals surface area contributed by atoms with E-state index in [2.05, 4.69) is 5.32 Å². The van der Waals surface area contributed by atoms with Gasteiger partial charge >= 0.3 is 6.18 Å². The van der Waals surface area contributed by atoms with E-state index in [-0.39, 0.29) is 34.2 Å². The largest absolute Gasteiger partial charge is 0.508 e. The van der Waals surface area contributed by atoms with E-state index in [1.807, 2.05) is 0 Å². The summed E-state index contributed by atoms with van der Waals surface area (Å²) in [6.07, 6.45) is -4.62. The molecule has 8 heteroatoms. The van der Waals surface area contributed by atoms with Crippen LogP contribution in [0.3, 0.4) is 0 Å². The molecule has 0 heterocycles. The molecule has 0 aromatic heterocycles. The van der Waals surface area contributed by atoms with Gasteiger partial charge in [0.2, 0.25) is 0 Å². The number of carbonyl (C=O) groups excluding carboxylic acids is 1. The van der Waals surface area contributed by atoms with Gasteiger partial charge in [-0.15, -0.1) is 0 Å². The molecule has 0 saturated carbocycles. The predicted octanol–water partition coefficient (Wildman–Crippen LogP) is 5.47. The van der Waals surface area contributed by atoms with Crippen molar-refractivity contribution < 1.29 is 32.9 Å². The van der Waals surface area contributed by atoms with Gasteiger partial charge < -0.3 is 20.3 Å². The zero-order valence-corrected chi connectivity index (χ0v) is 15.1. The Hall–Kier alpha value is -3.68. The molecule has 0 aliphatic heterocycles. The van der Waals surface area contributed by atoms with Crippen LogP contribution in [0.1, 0.15) is 21.5 Å². The SMILES string of the molecule is Cc1ccc(O)c(C(=O)Nc2cc(C(F)(F)F)ccc2Oc2ccc(O)cc2)c1. The first kappa shape index (κ1) is 20.1. The second-order valence-electron chi connectivity index (χ2n) is 6.28. The Kier molecular flexibility index (Phi) is 5.36. The quantitative estimate of drug-likeness (QED) is 0.540. The molecule has 0 unspecified atom stereocenters. The lowest BCUT2D eigenvalue weighted by molar-refractivity contribution is -0.137. The number of halogens is 3. The van der Waals surface area contributed by atoms with Crippen molar-refractivity contribution in [3.63, 3.8) is 0 Å². The first-order valence-electron chi connectivity index (χ1n) is 8.42. The first-order valence-corrected chi connectivity index (χ1v) is 8.42. The molecule has 5 nitrogen and oxygen atoms in total. The number of aryl methyl sites for hydroxylation is 1. The molecule has 3 rings (SSSR count). The summed E-state index contributed by atoms with van der Waals surface area (Å²) in [4.78, 5) is 12.6. The number of amides is 1. The number of aromatic hydroxyl groups is 2. The van der Waals surface area contributed by atoms with E-state index >= 15 is 0 Å². The lowest BCUT2D eigenvalue weighted by atomic mass is 10.1.